The standard InChI is InChI=1S/C15H20FNO4/c1-14(2,3)21-13(20)17-9-15(4,12(18)19)10-7-5-6-8-11(10)16/h5-8H,9H2,1-4H3,(H,17,20)(H,18,19). The zero-order chi connectivity index (χ0) is 16.3. The molecule has 1 amide bonds. The maximum absolute atomic E-state index is 13.8. The largest absolute Gasteiger partial charge is 0.481 e. The Morgan fingerprint density at radius 3 is 2.29 bits per heavy atom. The van der Waals surface area contributed by atoms with Gasteiger partial charge in [-0.25, -0.2) is 9.18 Å². The van der Waals surface area contributed by atoms with Crippen LogP contribution in [0.3, 0.4) is 0 Å². The van der Waals surface area contributed by atoms with Gasteiger partial charge in [-0.3, -0.25) is 4.79 Å². The number of alkyl carbamates (subject to hydrolysis) is 1. The summed E-state index contributed by atoms with van der Waals surface area (Å²) in [6.45, 7) is 6.16. The molecule has 0 aromatic heterocycles. The van der Waals surface area contributed by atoms with Crippen LogP contribution >= 0.6 is 0 Å². The second kappa shape index (κ2) is 6.11. The number of carbonyl (C=O) groups excluding carboxylic acids is 1. The number of amides is 1. The third-order valence-electron chi connectivity index (χ3n) is 2.93. The second-order valence-corrected chi connectivity index (χ2v) is 5.97. The van der Waals surface area contributed by atoms with E-state index in [1.807, 2.05) is 0 Å². The Labute approximate surface area is 123 Å². The van der Waals surface area contributed by atoms with Gasteiger partial charge in [-0.2, -0.15) is 0 Å². The summed E-state index contributed by atoms with van der Waals surface area (Å²) in [6, 6.07) is 5.60. The molecule has 0 fully saturated rings. The number of carboxylic acids is 1. The lowest BCUT2D eigenvalue weighted by Crippen LogP contribution is -2.46. The number of rotatable bonds is 4. The van der Waals surface area contributed by atoms with Gasteiger partial charge < -0.3 is 15.2 Å². The molecule has 116 valence electrons. The van der Waals surface area contributed by atoms with Gasteiger partial charge >= 0.3 is 12.1 Å². The molecule has 0 heterocycles. The van der Waals surface area contributed by atoms with Gasteiger partial charge in [-0.1, -0.05) is 18.2 Å². The summed E-state index contributed by atoms with van der Waals surface area (Å²) in [5.41, 5.74) is -2.27. The van der Waals surface area contributed by atoms with Crippen LogP contribution in [-0.2, 0) is 14.9 Å². The summed E-state index contributed by atoms with van der Waals surface area (Å²) >= 11 is 0. The number of hydrogen-bond acceptors (Lipinski definition) is 3. The Morgan fingerprint density at radius 1 is 1.24 bits per heavy atom. The third-order valence-corrected chi connectivity index (χ3v) is 2.93. The summed E-state index contributed by atoms with van der Waals surface area (Å²) < 4.78 is 18.9. The Morgan fingerprint density at radius 2 is 1.81 bits per heavy atom. The van der Waals surface area contributed by atoms with E-state index in [2.05, 4.69) is 5.32 Å². The summed E-state index contributed by atoms with van der Waals surface area (Å²) in [5, 5.41) is 11.8. The van der Waals surface area contributed by atoms with Gasteiger partial charge in [0.1, 0.15) is 16.8 Å². The predicted octanol–water partition coefficient (Wildman–Crippen LogP) is 2.69. The fraction of sp³-hybridized carbons (Fsp3) is 0.467. The summed E-state index contributed by atoms with van der Waals surface area (Å²) in [5.74, 6) is -1.86. The average molecular weight is 297 g/mol. The molecule has 1 rings (SSSR count). The zero-order valence-corrected chi connectivity index (χ0v) is 12.6. The highest BCUT2D eigenvalue weighted by Crippen LogP contribution is 2.26. The first-order valence-electron chi connectivity index (χ1n) is 6.51. The monoisotopic (exact) mass is 297 g/mol. The molecular weight excluding hydrogens is 277 g/mol. The van der Waals surface area contributed by atoms with Crippen LogP contribution in [0, 0.1) is 5.82 Å². The maximum Gasteiger partial charge on any atom is 0.407 e. The van der Waals surface area contributed by atoms with Gasteiger partial charge in [0.05, 0.1) is 0 Å². The van der Waals surface area contributed by atoms with Crippen molar-refractivity contribution in [3.8, 4) is 0 Å². The van der Waals surface area contributed by atoms with E-state index in [-0.39, 0.29) is 12.1 Å². The van der Waals surface area contributed by atoms with Gasteiger partial charge in [0.25, 0.3) is 0 Å². The van der Waals surface area contributed by atoms with Crippen molar-refractivity contribution in [2.45, 2.75) is 38.7 Å². The van der Waals surface area contributed by atoms with Gasteiger partial charge in [0.2, 0.25) is 0 Å². The van der Waals surface area contributed by atoms with Crippen LogP contribution in [-0.4, -0.2) is 29.3 Å². The quantitative estimate of drug-likeness (QED) is 0.896. The Hall–Kier alpha value is -2.11. The number of nitrogens with one attached hydrogen (secondary N) is 1. The van der Waals surface area contributed by atoms with Crippen LogP contribution in [0.25, 0.3) is 0 Å². The van der Waals surface area contributed by atoms with E-state index >= 15 is 0 Å². The van der Waals surface area contributed by atoms with E-state index in [1.165, 1.54) is 25.1 Å². The van der Waals surface area contributed by atoms with Crippen molar-refractivity contribution >= 4 is 12.1 Å². The first-order valence-corrected chi connectivity index (χ1v) is 6.51. The molecule has 1 atom stereocenters. The molecule has 1 aromatic carbocycles. The summed E-state index contributed by atoms with van der Waals surface area (Å²) in [6.07, 6.45) is -0.744. The summed E-state index contributed by atoms with van der Waals surface area (Å²) in [4.78, 5) is 23.1. The molecule has 0 bridgehead atoms. The minimum absolute atomic E-state index is 0.00792. The lowest BCUT2D eigenvalue weighted by atomic mass is 9.82. The van der Waals surface area contributed by atoms with E-state index in [4.69, 9.17) is 4.74 Å². The van der Waals surface area contributed by atoms with Crippen molar-refractivity contribution in [3.05, 3.63) is 35.6 Å². The van der Waals surface area contributed by atoms with Crippen LogP contribution in [0.1, 0.15) is 33.3 Å². The minimum atomic E-state index is -1.58. The normalized spacial score (nSPS) is 14.1. The molecule has 0 saturated carbocycles. The maximum atomic E-state index is 13.8. The number of carboxylic acid groups (broad SMARTS) is 1. The van der Waals surface area contributed by atoms with Crippen LogP contribution in [0.15, 0.2) is 24.3 Å². The first-order chi connectivity index (χ1) is 9.56. The SMILES string of the molecule is CC(C)(C)OC(=O)NCC(C)(C(=O)O)c1ccccc1F. The highest BCUT2D eigenvalue weighted by molar-refractivity contribution is 5.82. The molecule has 5 nitrogen and oxygen atoms in total. The number of halogens is 1. The fourth-order valence-corrected chi connectivity index (χ4v) is 1.76. The molecule has 6 heteroatoms. The molecule has 0 aliphatic rings. The smallest absolute Gasteiger partial charge is 0.407 e. The molecule has 0 spiro atoms. The number of aliphatic carboxylic acids is 1. The molecule has 1 unspecified atom stereocenters. The molecule has 0 aliphatic carbocycles. The number of benzene rings is 1. The highest BCUT2D eigenvalue weighted by Gasteiger charge is 2.38. The third kappa shape index (κ3) is 4.44. The number of ether oxygens (including phenoxy) is 1. The fourth-order valence-electron chi connectivity index (χ4n) is 1.76. The Bertz CT molecular complexity index is 539. The van der Waals surface area contributed by atoms with E-state index in [0.29, 0.717) is 0 Å². The lowest BCUT2D eigenvalue weighted by Gasteiger charge is -2.27. The zero-order valence-electron chi connectivity index (χ0n) is 12.6. The van der Waals surface area contributed by atoms with Crippen LogP contribution in [0.2, 0.25) is 0 Å². The van der Waals surface area contributed by atoms with Crippen LogP contribution < -0.4 is 5.32 Å². The van der Waals surface area contributed by atoms with Crippen molar-refractivity contribution in [1.82, 2.24) is 5.32 Å². The molecular formula is C15H20FNO4. The van der Waals surface area contributed by atoms with Gasteiger partial charge in [0.15, 0.2) is 0 Å². The molecule has 0 saturated heterocycles. The molecule has 0 radical (unpaired) electrons. The molecule has 0 aliphatic heterocycles. The first kappa shape index (κ1) is 16.9. The molecule has 1 aromatic rings. The minimum Gasteiger partial charge on any atom is -0.481 e. The average Bonchev–Trinajstić information content (AvgIpc) is 2.34. The highest BCUT2D eigenvalue weighted by atomic mass is 19.1. The molecule has 2 N–H and O–H groups in total. The summed E-state index contributed by atoms with van der Waals surface area (Å²) in [7, 11) is 0. The predicted molar refractivity (Wildman–Crippen MR) is 75.6 cm³/mol. The van der Waals surface area contributed by atoms with E-state index in [0.717, 1.165) is 0 Å². The van der Waals surface area contributed by atoms with Gasteiger partial charge in [-0.15, -0.1) is 0 Å². The van der Waals surface area contributed by atoms with Crippen molar-refractivity contribution in [1.29, 1.82) is 0 Å². The lowest BCUT2D eigenvalue weighted by molar-refractivity contribution is -0.143. The Kier molecular flexibility index (Phi) is 4.93. The van der Waals surface area contributed by atoms with Gasteiger partial charge in [0, 0.05) is 12.1 Å². The second-order valence-electron chi connectivity index (χ2n) is 5.97. The van der Waals surface area contributed by atoms with Crippen LogP contribution in [0.4, 0.5) is 9.18 Å². The van der Waals surface area contributed by atoms with E-state index < -0.39 is 28.9 Å². The van der Waals surface area contributed by atoms with E-state index in [9.17, 15) is 19.1 Å². The van der Waals surface area contributed by atoms with Crippen molar-refractivity contribution < 1.29 is 23.8 Å². The van der Waals surface area contributed by atoms with Crippen molar-refractivity contribution in [3.63, 3.8) is 0 Å². The topological polar surface area (TPSA) is 75.6 Å². The van der Waals surface area contributed by atoms with Crippen molar-refractivity contribution in [2.24, 2.45) is 0 Å². The van der Waals surface area contributed by atoms with Crippen LogP contribution in [0.5, 0.6) is 0 Å². The van der Waals surface area contributed by atoms with E-state index in [1.54, 1.807) is 26.8 Å². The van der Waals surface area contributed by atoms with Crippen molar-refractivity contribution in [2.75, 3.05) is 6.54 Å². The van der Waals surface area contributed by atoms with Gasteiger partial charge in [-0.05, 0) is 33.8 Å². The number of hydrogen-bond donors (Lipinski definition) is 2. The Balaban J connectivity index is 2.91. The number of carbonyl (C=O) groups is 2. The molecule has 21 heavy (non-hydrogen) atoms.